The Hall–Kier alpha value is -2.96. The molecule has 1 atom stereocenters. The van der Waals surface area contributed by atoms with Crippen molar-refractivity contribution >= 4 is 5.91 Å². The summed E-state index contributed by atoms with van der Waals surface area (Å²) in [5, 5.41) is 16.4. The number of fused-ring (bicyclic) bond motifs is 1. The largest absolute Gasteiger partial charge is 0.351 e. The maximum atomic E-state index is 13.0. The number of hydrogen-bond donors (Lipinski definition) is 1. The molecule has 1 aliphatic heterocycles. The highest BCUT2D eigenvalue weighted by Crippen LogP contribution is 2.30. The van der Waals surface area contributed by atoms with Gasteiger partial charge in [-0.15, -0.1) is 10.2 Å². The number of aromatic nitrogens is 5. The Morgan fingerprint density at radius 1 is 1.21 bits per heavy atom. The molecule has 0 radical (unpaired) electrons. The third kappa shape index (κ3) is 3.21. The molecular weight excluding hydrogens is 352 g/mol. The van der Waals surface area contributed by atoms with Gasteiger partial charge in [-0.2, -0.15) is 5.10 Å². The second-order valence-corrected chi connectivity index (χ2v) is 7.28. The van der Waals surface area contributed by atoms with E-state index in [2.05, 4.69) is 32.1 Å². The van der Waals surface area contributed by atoms with E-state index in [1.54, 1.807) is 0 Å². The number of aryl methyl sites for hydroxylation is 2. The van der Waals surface area contributed by atoms with E-state index in [4.69, 9.17) is 0 Å². The van der Waals surface area contributed by atoms with E-state index in [-0.39, 0.29) is 11.8 Å². The van der Waals surface area contributed by atoms with E-state index >= 15 is 0 Å². The third-order valence-electron chi connectivity index (χ3n) is 5.58. The lowest BCUT2D eigenvalue weighted by molar-refractivity contribution is -0.123. The van der Waals surface area contributed by atoms with Crippen LogP contribution in [0.3, 0.4) is 0 Å². The fraction of sp³-hybridized carbons (Fsp3) is 0.429. The number of nitrogens with one attached hydrogen (secondary N) is 1. The van der Waals surface area contributed by atoms with Gasteiger partial charge in [0.15, 0.2) is 5.82 Å². The van der Waals surface area contributed by atoms with Gasteiger partial charge < -0.3 is 9.88 Å². The van der Waals surface area contributed by atoms with Gasteiger partial charge >= 0.3 is 0 Å². The topological polar surface area (TPSA) is 77.6 Å². The monoisotopic (exact) mass is 378 g/mol. The third-order valence-corrected chi connectivity index (χ3v) is 5.58. The Morgan fingerprint density at radius 2 is 2.00 bits per heavy atom. The van der Waals surface area contributed by atoms with Gasteiger partial charge in [0.2, 0.25) is 5.91 Å². The van der Waals surface area contributed by atoms with Crippen molar-refractivity contribution in [2.24, 2.45) is 0 Å². The molecule has 28 heavy (non-hydrogen) atoms. The van der Waals surface area contributed by atoms with E-state index in [0.29, 0.717) is 6.54 Å². The Balaban J connectivity index is 1.53. The molecule has 0 saturated heterocycles. The summed E-state index contributed by atoms with van der Waals surface area (Å²) >= 11 is 0. The molecule has 0 spiro atoms. The highest BCUT2D eigenvalue weighted by molar-refractivity contribution is 5.83. The predicted octanol–water partition coefficient (Wildman–Crippen LogP) is 2.97. The van der Waals surface area contributed by atoms with E-state index in [1.807, 2.05) is 48.9 Å². The van der Waals surface area contributed by atoms with Crippen molar-refractivity contribution in [3.63, 3.8) is 0 Å². The first-order valence-corrected chi connectivity index (χ1v) is 9.89. The molecule has 0 bridgehead atoms. The number of hydrogen-bond acceptors (Lipinski definition) is 4. The van der Waals surface area contributed by atoms with Crippen LogP contribution in [0.1, 0.15) is 48.5 Å². The fourth-order valence-electron chi connectivity index (χ4n) is 4.02. The lowest BCUT2D eigenvalue weighted by Crippen LogP contribution is -2.33. The Kier molecular flexibility index (Phi) is 4.98. The maximum absolute atomic E-state index is 13.0. The normalized spacial score (nSPS) is 16.0. The van der Waals surface area contributed by atoms with Crippen LogP contribution in [0.15, 0.2) is 30.3 Å². The van der Waals surface area contributed by atoms with Crippen molar-refractivity contribution in [1.29, 1.82) is 0 Å². The summed E-state index contributed by atoms with van der Waals surface area (Å²) in [7, 11) is 0. The highest BCUT2D eigenvalue weighted by atomic mass is 16.1. The molecule has 1 unspecified atom stereocenters. The summed E-state index contributed by atoms with van der Waals surface area (Å²) in [6, 6.07) is 10.0. The first-order chi connectivity index (χ1) is 13.6. The molecule has 4 rings (SSSR count). The van der Waals surface area contributed by atoms with Crippen LogP contribution in [0.2, 0.25) is 0 Å². The fourth-order valence-corrected chi connectivity index (χ4v) is 4.02. The molecule has 7 nitrogen and oxygen atoms in total. The van der Waals surface area contributed by atoms with E-state index < -0.39 is 0 Å². The van der Waals surface area contributed by atoms with Gasteiger partial charge in [0, 0.05) is 36.5 Å². The summed E-state index contributed by atoms with van der Waals surface area (Å²) < 4.78 is 4.06. The first-order valence-electron chi connectivity index (χ1n) is 9.89. The quantitative estimate of drug-likeness (QED) is 0.740. The summed E-state index contributed by atoms with van der Waals surface area (Å²) in [5.74, 6) is 1.35. The lowest BCUT2D eigenvalue weighted by Gasteiger charge is -2.23. The Morgan fingerprint density at radius 3 is 2.71 bits per heavy atom. The second kappa shape index (κ2) is 7.58. The van der Waals surface area contributed by atoms with Gasteiger partial charge in [-0.3, -0.25) is 9.48 Å². The minimum absolute atomic E-state index is 0.0102. The van der Waals surface area contributed by atoms with Gasteiger partial charge in [0.25, 0.3) is 0 Å². The SMILES string of the molecule is CCn1nc(C)c(CNC(=O)C2CCCn3c(-c4ccccc4)nnc32)c1C. The number of benzene rings is 1. The minimum atomic E-state index is -0.263. The number of carbonyl (C=O) groups is 1. The molecule has 3 aromatic rings. The standard InChI is InChI=1S/C21H26N6O/c1-4-27-15(3)18(14(2)25-27)13-22-21(28)17-11-8-12-26-19(23-24-20(17)26)16-9-6-5-7-10-16/h5-7,9-10,17H,4,8,11-13H2,1-3H3,(H,22,28). The molecule has 0 saturated carbocycles. The van der Waals surface area contributed by atoms with Crippen LogP contribution in [0.4, 0.5) is 0 Å². The Labute approximate surface area is 164 Å². The smallest absolute Gasteiger partial charge is 0.231 e. The van der Waals surface area contributed by atoms with Crippen molar-refractivity contribution in [1.82, 2.24) is 29.9 Å². The molecule has 2 aromatic heterocycles. The average molecular weight is 378 g/mol. The Bertz CT molecular complexity index is 988. The lowest BCUT2D eigenvalue weighted by atomic mass is 9.97. The van der Waals surface area contributed by atoms with Crippen molar-refractivity contribution in [2.75, 3.05) is 0 Å². The van der Waals surface area contributed by atoms with Gasteiger partial charge in [0.1, 0.15) is 5.82 Å². The summed E-state index contributed by atoms with van der Waals surface area (Å²) in [6.45, 7) is 8.28. The molecule has 7 heteroatoms. The van der Waals surface area contributed by atoms with Crippen LogP contribution >= 0.6 is 0 Å². The van der Waals surface area contributed by atoms with Gasteiger partial charge in [-0.25, -0.2) is 0 Å². The zero-order chi connectivity index (χ0) is 19.7. The molecule has 3 heterocycles. The second-order valence-electron chi connectivity index (χ2n) is 7.28. The van der Waals surface area contributed by atoms with Crippen molar-refractivity contribution in [3.8, 4) is 11.4 Å². The summed E-state index contributed by atoms with van der Waals surface area (Å²) in [4.78, 5) is 13.0. The number of nitrogens with zero attached hydrogens (tertiary/aromatic N) is 5. The summed E-state index contributed by atoms with van der Waals surface area (Å²) in [5.41, 5.74) is 4.20. The van der Waals surface area contributed by atoms with Crippen LogP contribution < -0.4 is 5.32 Å². The molecule has 1 aliphatic rings. The molecular formula is C21H26N6O. The number of rotatable bonds is 5. The number of amides is 1. The van der Waals surface area contributed by atoms with Gasteiger partial charge in [-0.05, 0) is 33.6 Å². The van der Waals surface area contributed by atoms with Crippen LogP contribution in [0, 0.1) is 13.8 Å². The van der Waals surface area contributed by atoms with E-state index in [1.165, 1.54) is 0 Å². The van der Waals surface area contributed by atoms with Crippen molar-refractivity contribution < 1.29 is 4.79 Å². The van der Waals surface area contributed by atoms with Crippen molar-refractivity contribution in [3.05, 3.63) is 53.1 Å². The van der Waals surface area contributed by atoms with Gasteiger partial charge in [0.05, 0.1) is 11.6 Å². The average Bonchev–Trinajstić information content (AvgIpc) is 3.27. The zero-order valence-corrected chi connectivity index (χ0v) is 16.6. The van der Waals surface area contributed by atoms with Crippen LogP contribution in [0.5, 0.6) is 0 Å². The van der Waals surface area contributed by atoms with Crippen molar-refractivity contribution in [2.45, 2.75) is 59.2 Å². The molecule has 146 valence electrons. The molecule has 1 N–H and O–H groups in total. The van der Waals surface area contributed by atoms with Gasteiger partial charge in [-0.1, -0.05) is 30.3 Å². The van der Waals surface area contributed by atoms with Crippen LogP contribution in [-0.2, 0) is 24.4 Å². The molecule has 0 fully saturated rings. The zero-order valence-electron chi connectivity index (χ0n) is 16.6. The van der Waals surface area contributed by atoms with Crippen LogP contribution in [-0.4, -0.2) is 30.5 Å². The van der Waals surface area contributed by atoms with E-state index in [9.17, 15) is 4.79 Å². The van der Waals surface area contributed by atoms with Crippen LogP contribution in [0.25, 0.3) is 11.4 Å². The molecule has 0 aliphatic carbocycles. The predicted molar refractivity (Wildman–Crippen MR) is 107 cm³/mol. The highest BCUT2D eigenvalue weighted by Gasteiger charge is 2.31. The molecule has 1 amide bonds. The molecule has 1 aromatic carbocycles. The first kappa shape index (κ1) is 18.4. The maximum Gasteiger partial charge on any atom is 0.231 e. The minimum Gasteiger partial charge on any atom is -0.351 e. The van der Waals surface area contributed by atoms with E-state index in [0.717, 1.165) is 60.1 Å². The summed E-state index contributed by atoms with van der Waals surface area (Å²) in [6.07, 6.45) is 1.74. The number of carbonyl (C=O) groups excluding carboxylic acids is 1.